The van der Waals surface area contributed by atoms with Crippen LogP contribution in [0.4, 0.5) is 0 Å². The smallest absolute Gasteiger partial charge is 0.240 e. The van der Waals surface area contributed by atoms with E-state index in [2.05, 4.69) is 9.62 Å². The summed E-state index contributed by atoms with van der Waals surface area (Å²) in [6, 6.07) is 27.3. The van der Waals surface area contributed by atoms with Gasteiger partial charge >= 0.3 is 0 Å². The van der Waals surface area contributed by atoms with Crippen LogP contribution >= 0.6 is 0 Å². The maximum absolute atomic E-state index is 13.5. The van der Waals surface area contributed by atoms with Crippen LogP contribution < -0.4 is 14.2 Å². The first kappa shape index (κ1) is 30.3. The van der Waals surface area contributed by atoms with Gasteiger partial charge in [0.25, 0.3) is 0 Å². The molecule has 0 aliphatic carbocycles. The molecule has 8 nitrogen and oxygen atoms in total. The molecule has 5 rings (SSSR count). The van der Waals surface area contributed by atoms with E-state index in [1.54, 1.807) is 31.2 Å². The zero-order chi connectivity index (χ0) is 30.4. The van der Waals surface area contributed by atoms with Crippen molar-refractivity contribution in [2.24, 2.45) is 0 Å². The molecule has 3 N–H and O–H groups in total. The third-order valence-electron chi connectivity index (χ3n) is 7.70. The van der Waals surface area contributed by atoms with Gasteiger partial charge in [0.2, 0.25) is 10.0 Å². The number of fused-ring (bicyclic) bond motifs is 1. The molecular formula is C34H38N4O4S. The standard InChI is InChI=1S/C34H38N4O4S/c1-24(35)28-8-5-9-33(21-28)41-23-30(37-43(39,40)34-15-12-27-6-3-4-7-29(27)22-34)20-26-10-13-31(14-11-26)42-32-16-18-38(19-17-32)25(2)36/h3-15,21-22,30,32,35-37H,16-20,23H2,1-2H3/t30-/m0/s1. The summed E-state index contributed by atoms with van der Waals surface area (Å²) in [5.74, 6) is 1.94. The summed E-state index contributed by atoms with van der Waals surface area (Å²) in [5.41, 5.74) is 2.12. The molecule has 0 saturated carbocycles. The van der Waals surface area contributed by atoms with Crippen LogP contribution in [0.5, 0.6) is 11.5 Å². The Morgan fingerprint density at radius 2 is 1.60 bits per heavy atom. The van der Waals surface area contributed by atoms with E-state index in [1.807, 2.05) is 73.7 Å². The van der Waals surface area contributed by atoms with Gasteiger partial charge in [-0.1, -0.05) is 54.6 Å². The molecule has 1 saturated heterocycles. The number of likely N-dealkylation sites (tertiary alicyclic amines) is 1. The van der Waals surface area contributed by atoms with E-state index in [1.165, 1.54) is 0 Å². The van der Waals surface area contributed by atoms with Crippen molar-refractivity contribution in [3.8, 4) is 11.5 Å². The molecule has 0 spiro atoms. The Morgan fingerprint density at radius 1 is 0.884 bits per heavy atom. The SMILES string of the molecule is CC(=N)c1cccc(OC[C@H](Cc2ccc(OC3CCN(C(C)=N)CC3)cc2)NS(=O)(=O)c2ccc3ccccc3c2)c1. The number of benzene rings is 4. The van der Waals surface area contributed by atoms with Crippen LogP contribution in [0.3, 0.4) is 0 Å². The molecule has 0 radical (unpaired) electrons. The molecule has 4 aromatic rings. The fourth-order valence-corrected chi connectivity index (χ4v) is 6.52. The molecule has 1 fully saturated rings. The minimum atomic E-state index is -3.84. The predicted molar refractivity (Wildman–Crippen MR) is 171 cm³/mol. The molecule has 9 heteroatoms. The summed E-state index contributed by atoms with van der Waals surface area (Å²) < 4.78 is 42.2. The second-order valence-electron chi connectivity index (χ2n) is 11.0. The van der Waals surface area contributed by atoms with Crippen LogP contribution in [0.25, 0.3) is 10.8 Å². The normalized spacial score (nSPS) is 14.8. The average Bonchev–Trinajstić information content (AvgIpc) is 3.01. The Balaban J connectivity index is 1.30. The quantitative estimate of drug-likeness (QED) is 0.144. The van der Waals surface area contributed by atoms with E-state index in [0.29, 0.717) is 23.7 Å². The summed E-state index contributed by atoms with van der Waals surface area (Å²) in [4.78, 5) is 2.26. The number of ether oxygens (including phenoxy) is 2. The minimum Gasteiger partial charge on any atom is -0.492 e. The van der Waals surface area contributed by atoms with E-state index >= 15 is 0 Å². The molecule has 0 aromatic heterocycles. The lowest BCUT2D eigenvalue weighted by Gasteiger charge is -2.32. The van der Waals surface area contributed by atoms with Gasteiger partial charge in [-0.3, -0.25) is 5.41 Å². The Labute approximate surface area is 253 Å². The minimum absolute atomic E-state index is 0.108. The van der Waals surface area contributed by atoms with Crippen LogP contribution in [-0.2, 0) is 16.4 Å². The highest BCUT2D eigenvalue weighted by atomic mass is 32.2. The van der Waals surface area contributed by atoms with Gasteiger partial charge in [0.05, 0.1) is 16.8 Å². The molecule has 0 unspecified atom stereocenters. The Hall–Kier alpha value is -4.21. The average molecular weight is 599 g/mol. The van der Waals surface area contributed by atoms with Crippen molar-refractivity contribution in [3.63, 3.8) is 0 Å². The second-order valence-corrected chi connectivity index (χ2v) is 12.7. The van der Waals surface area contributed by atoms with Gasteiger partial charge in [0.1, 0.15) is 24.2 Å². The highest BCUT2D eigenvalue weighted by Gasteiger charge is 2.23. The van der Waals surface area contributed by atoms with E-state index in [-0.39, 0.29) is 17.6 Å². The van der Waals surface area contributed by atoms with Gasteiger partial charge in [-0.25, -0.2) is 13.1 Å². The van der Waals surface area contributed by atoms with Gasteiger partial charge in [-0.15, -0.1) is 0 Å². The molecule has 224 valence electrons. The Morgan fingerprint density at radius 3 is 2.30 bits per heavy atom. The summed E-state index contributed by atoms with van der Waals surface area (Å²) in [5, 5.41) is 17.6. The van der Waals surface area contributed by atoms with Crippen LogP contribution in [0.1, 0.15) is 37.8 Å². The fraction of sp³-hybridized carbons (Fsp3) is 0.294. The van der Waals surface area contributed by atoms with Crippen LogP contribution in [0.15, 0.2) is 95.9 Å². The number of piperidine rings is 1. The molecule has 4 aromatic carbocycles. The number of hydrogen-bond acceptors (Lipinski definition) is 6. The molecule has 0 amide bonds. The number of nitrogens with one attached hydrogen (secondary N) is 3. The number of amidine groups is 1. The third-order valence-corrected chi connectivity index (χ3v) is 9.21. The molecule has 1 aliphatic heterocycles. The van der Waals surface area contributed by atoms with Crippen LogP contribution in [0.2, 0.25) is 0 Å². The zero-order valence-corrected chi connectivity index (χ0v) is 25.4. The molecule has 1 heterocycles. The lowest BCUT2D eigenvalue weighted by molar-refractivity contribution is 0.130. The Bertz CT molecular complexity index is 1700. The lowest BCUT2D eigenvalue weighted by atomic mass is 10.1. The van der Waals surface area contributed by atoms with Crippen molar-refractivity contribution in [2.75, 3.05) is 19.7 Å². The van der Waals surface area contributed by atoms with Gasteiger partial charge in [-0.05, 0) is 78.6 Å². The summed E-state index contributed by atoms with van der Waals surface area (Å²) in [6.45, 7) is 5.27. The fourth-order valence-electron chi connectivity index (χ4n) is 5.26. The highest BCUT2D eigenvalue weighted by Crippen LogP contribution is 2.23. The summed E-state index contributed by atoms with van der Waals surface area (Å²) >= 11 is 0. The monoisotopic (exact) mass is 598 g/mol. The molecule has 1 aliphatic rings. The van der Waals surface area contributed by atoms with Gasteiger partial charge in [0, 0.05) is 31.6 Å². The first-order valence-corrected chi connectivity index (χ1v) is 16.0. The van der Waals surface area contributed by atoms with E-state index in [4.69, 9.17) is 20.3 Å². The van der Waals surface area contributed by atoms with E-state index in [9.17, 15) is 8.42 Å². The molecule has 1 atom stereocenters. The largest absolute Gasteiger partial charge is 0.492 e. The molecule has 0 bridgehead atoms. The van der Waals surface area contributed by atoms with Gasteiger partial charge in [-0.2, -0.15) is 0 Å². The van der Waals surface area contributed by atoms with Gasteiger partial charge < -0.3 is 19.8 Å². The maximum Gasteiger partial charge on any atom is 0.240 e. The first-order valence-electron chi connectivity index (χ1n) is 14.5. The van der Waals surface area contributed by atoms with Crippen molar-refractivity contribution in [1.29, 1.82) is 10.8 Å². The Kier molecular flexibility index (Phi) is 9.43. The summed E-state index contributed by atoms with van der Waals surface area (Å²) in [6.07, 6.45) is 2.25. The number of hydrogen-bond donors (Lipinski definition) is 3. The topological polar surface area (TPSA) is 116 Å². The molecular weight excluding hydrogens is 560 g/mol. The maximum atomic E-state index is 13.5. The highest BCUT2D eigenvalue weighted by molar-refractivity contribution is 7.89. The number of rotatable bonds is 11. The van der Waals surface area contributed by atoms with Crippen molar-refractivity contribution >= 4 is 32.3 Å². The zero-order valence-electron chi connectivity index (χ0n) is 24.5. The second kappa shape index (κ2) is 13.4. The third kappa shape index (κ3) is 8.00. The van der Waals surface area contributed by atoms with Crippen LogP contribution in [-0.4, -0.2) is 56.7 Å². The number of nitrogens with zero attached hydrogens (tertiary/aromatic N) is 1. The van der Waals surface area contributed by atoms with Crippen molar-refractivity contribution in [1.82, 2.24) is 9.62 Å². The van der Waals surface area contributed by atoms with Gasteiger partial charge in [0.15, 0.2) is 0 Å². The molecule has 43 heavy (non-hydrogen) atoms. The van der Waals surface area contributed by atoms with Crippen LogP contribution in [0, 0.1) is 10.8 Å². The van der Waals surface area contributed by atoms with Crippen molar-refractivity contribution < 1.29 is 17.9 Å². The first-order chi connectivity index (χ1) is 20.7. The lowest BCUT2D eigenvalue weighted by Crippen LogP contribution is -2.40. The predicted octanol–water partition coefficient (Wildman–Crippen LogP) is 6.04. The van der Waals surface area contributed by atoms with E-state index in [0.717, 1.165) is 53.6 Å². The van der Waals surface area contributed by atoms with Crippen molar-refractivity contribution in [2.45, 2.75) is 50.2 Å². The summed E-state index contributed by atoms with van der Waals surface area (Å²) in [7, 11) is -3.84. The number of sulfonamides is 1. The van der Waals surface area contributed by atoms with E-state index < -0.39 is 16.1 Å². The van der Waals surface area contributed by atoms with Crippen molar-refractivity contribution in [3.05, 3.63) is 102 Å².